The Bertz CT molecular complexity index is 1100. The molecule has 0 radical (unpaired) electrons. The number of ether oxygens (including phenoxy) is 2. The Balaban J connectivity index is 1.33. The Morgan fingerprint density at radius 2 is 1.90 bits per heavy atom. The smallest absolute Gasteiger partial charge is 0.262 e. The minimum atomic E-state index is -0.231. The summed E-state index contributed by atoms with van der Waals surface area (Å²) in [6.45, 7) is 2.23. The van der Waals surface area contributed by atoms with Crippen LogP contribution in [-0.4, -0.2) is 21.9 Å². The first-order chi connectivity index (χ1) is 14.2. The molecule has 4 rings (SSSR count). The van der Waals surface area contributed by atoms with Gasteiger partial charge in [0.15, 0.2) is 6.61 Å². The van der Waals surface area contributed by atoms with Crippen molar-refractivity contribution in [2.45, 2.75) is 13.5 Å². The summed E-state index contributed by atoms with van der Waals surface area (Å²) >= 11 is 0. The number of hydrogen-bond acceptors (Lipinski definition) is 4. The molecule has 0 bridgehead atoms. The van der Waals surface area contributed by atoms with Crippen molar-refractivity contribution in [3.05, 3.63) is 90.4 Å². The van der Waals surface area contributed by atoms with Crippen LogP contribution < -0.4 is 14.8 Å². The molecule has 0 aliphatic carbocycles. The van der Waals surface area contributed by atoms with E-state index in [1.807, 2.05) is 84.4 Å². The summed E-state index contributed by atoms with van der Waals surface area (Å²) in [7, 11) is 0. The van der Waals surface area contributed by atoms with Crippen molar-refractivity contribution in [1.82, 2.24) is 9.38 Å². The molecule has 146 valence electrons. The second kappa shape index (κ2) is 8.48. The maximum absolute atomic E-state index is 12.2. The normalized spacial score (nSPS) is 10.7. The number of carbonyl (C=O) groups excluding carboxylic acids is 1. The minimum absolute atomic E-state index is 0.0583. The lowest BCUT2D eigenvalue weighted by Crippen LogP contribution is -2.20. The predicted molar refractivity (Wildman–Crippen MR) is 111 cm³/mol. The number of aromatic nitrogens is 2. The zero-order valence-corrected chi connectivity index (χ0v) is 16.0. The summed E-state index contributed by atoms with van der Waals surface area (Å²) in [6.07, 6.45) is 3.88. The molecule has 2 aromatic heterocycles. The van der Waals surface area contributed by atoms with E-state index in [4.69, 9.17) is 9.47 Å². The number of aryl methyl sites for hydroxylation is 1. The molecule has 2 aromatic carbocycles. The zero-order valence-electron chi connectivity index (χ0n) is 16.0. The summed E-state index contributed by atoms with van der Waals surface area (Å²) in [5, 5.41) is 2.83. The summed E-state index contributed by atoms with van der Waals surface area (Å²) in [4.78, 5) is 16.7. The number of fused-ring (bicyclic) bond motifs is 1. The maximum atomic E-state index is 12.2. The van der Waals surface area contributed by atoms with Gasteiger partial charge in [-0.25, -0.2) is 4.98 Å². The Labute approximate surface area is 168 Å². The van der Waals surface area contributed by atoms with Crippen molar-refractivity contribution < 1.29 is 14.3 Å². The highest BCUT2D eigenvalue weighted by Gasteiger charge is 2.07. The van der Waals surface area contributed by atoms with Gasteiger partial charge in [0, 0.05) is 24.1 Å². The third-order valence-electron chi connectivity index (χ3n) is 4.37. The molecular weight excluding hydrogens is 366 g/mol. The number of rotatable bonds is 7. The summed E-state index contributed by atoms with van der Waals surface area (Å²) in [6, 6.07) is 20.7. The van der Waals surface area contributed by atoms with E-state index in [1.165, 1.54) is 0 Å². The summed E-state index contributed by atoms with van der Waals surface area (Å²) in [5.74, 6) is 1.12. The number of carbonyl (C=O) groups is 1. The fraction of sp³-hybridized carbons (Fsp3) is 0.130. The quantitative estimate of drug-likeness (QED) is 0.515. The molecule has 0 fully saturated rings. The van der Waals surface area contributed by atoms with Crippen molar-refractivity contribution in [3.8, 4) is 11.5 Å². The highest BCUT2D eigenvalue weighted by molar-refractivity contribution is 5.92. The van der Waals surface area contributed by atoms with Gasteiger partial charge in [-0.1, -0.05) is 30.3 Å². The lowest BCUT2D eigenvalue weighted by molar-refractivity contribution is -0.118. The first-order valence-electron chi connectivity index (χ1n) is 9.31. The van der Waals surface area contributed by atoms with Crippen LogP contribution in [0.5, 0.6) is 11.5 Å². The van der Waals surface area contributed by atoms with E-state index in [2.05, 4.69) is 10.3 Å². The Hall–Kier alpha value is -3.80. The van der Waals surface area contributed by atoms with Gasteiger partial charge in [-0.05, 0) is 42.8 Å². The Kier molecular flexibility index (Phi) is 5.42. The Morgan fingerprint density at radius 3 is 2.76 bits per heavy atom. The van der Waals surface area contributed by atoms with Gasteiger partial charge in [-0.2, -0.15) is 0 Å². The fourth-order valence-corrected chi connectivity index (χ4v) is 2.94. The number of anilines is 1. The highest BCUT2D eigenvalue weighted by atomic mass is 16.5. The van der Waals surface area contributed by atoms with Crippen molar-refractivity contribution in [2.24, 2.45) is 0 Å². The van der Waals surface area contributed by atoms with Crippen LogP contribution in [-0.2, 0) is 11.4 Å². The molecule has 4 aromatic rings. The first kappa shape index (κ1) is 18.6. The monoisotopic (exact) mass is 387 g/mol. The second-order valence-electron chi connectivity index (χ2n) is 6.62. The molecule has 0 atom stereocenters. The SMILES string of the molecule is Cc1ccccc1OCC(=O)Nc1cccc(OCc2cn3ccccc3n2)c1. The molecule has 0 spiro atoms. The van der Waals surface area contributed by atoms with E-state index < -0.39 is 0 Å². The van der Waals surface area contributed by atoms with E-state index in [9.17, 15) is 4.79 Å². The third kappa shape index (κ3) is 4.73. The standard InChI is InChI=1S/C23H21N3O3/c1-17-7-2-3-10-21(17)29-16-23(27)25-18-8-6-9-20(13-18)28-15-19-14-26-12-5-4-11-22(26)24-19/h2-14H,15-16H2,1H3,(H,25,27). The number of pyridine rings is 1. The lowest BCUT2D eigenvalue weighted by atomic mass is 10.2. The van der Waals surface area contributed by atoms with Crippen molar-refractivity contribution in [1.29, 1.82) is 0 Å². The minimum Gasteiger partial charge on any atom is -0.487 e. The van der Waals surface area contributed by atoms with E-state index in [1.54, 1.807) is 6.07 Å². The van der Waals surface area contributed by atoms with Gasteiger partial charge in [0.1, 0.15) is 23.8 Å². The van der Waals surface area contributed by atoms with Crippen LogP contribution >= 0.6 is 0 Å². The summed E-state index contributed by atoms with van der Waals surface area (Å²) < 4.78 is 13.4. The van der Waals surface area contributed by atoms with Crippen LogP contribution in [0.25, 0.3) is 5.65 Å². The second-order valence-corrected chi connectivity index (χ2v) is 6.62. The van der Waals surface area contributed by atoms with Gasteiger partial charge >= 0.3 is 0 Å². The lowest BCUT2D eigenvalue weighted by Gasteiger charge is -2.10. The molecule has 0 saturated carbocycles. The molecular formula is C23H21N3O3. The van der Waals surface area contributed by atoms with E-state index >= 15 is 0 Å². The Morgan fingerprint density at radius 1 is 1.03 bits per heavy atom. The van der Waals surface area contributed by atoms with E-state index in [-0.39, 0.29) is 12.5 Å². The van der Waals surface area contributed by atoms with Gasteiger partial charge in [-0.15, -0.1) is 0 Å². The van der Waals surface area contributed by atoms with E-state index in [0.717, 1.165) is 16.9 Å². The van der Waals surface area contributed by atoms with Crippen LogP contribution in [0.15, 0.2) is 79.1 Å². The fourth-order valence-electron chi connectivity index (χ4n) is 2.94. The average molecular weight is 387 g/mol. The molecule has 29 heavy (non-hydrogen) atoms. The first-order valence-corrected chi connectivity index (χ1v) is 9.31. The average Bonchev–Trinajstić information content (AvgIpc) is 3.15. The van der Waals surface area contributed by atoms with Crippen LogP contribution in [0.1, 0.15) is 11.3 Å². The number of amides is 1. The van der Waals surface area contributed by atoms with Crippen molar-refractivity contribution in [2.75, 3.05) is 11.9 Å². The van der Waals surface area contributed by atoms with Gasteiger partial charge < -0.3 is 19.2 Å². The summed E-state index contributed by atoms with van der Waals surface area (Å²) in [5.41, 5.74) is 3.34. The molecule has 0 saturated heterocycles. The van der Waals surface area contributed by atoms with Gasteiger partial charge in [-0.3, -0.25) is 4.79 Å². The molecule has 6 heteroatoms. The molecule has 0 unspecified atom stereocenters. The molecule has 1 amide bonds. The van der Waals surface area contributed by atoms with Gasteiger partial charge in [0.25, 0.3) is 5.91 Å². The van der Waals surface area contributed by atoms with Crippen molar-refractivity contribution >= 4 is 17.2 Å². The number of para-hydroxylation sites is 1. The molecule has 0 aliphatic heterocycles. The molecule has 6 nitrogen and oxygen atoms in total. The van der Waals surface area contributed by atoms with Gasteiger partial charge in [0.05, 0.1) is 5.69 Å². The van der Waals surface area contributed by atoms with Crippen molar-refractivity contribution in [3.63, 3.8) is 0 Å². The van der Waals surface area contributed by atoms with Crippen LogP contribution in [0.2, 0.25) is 0 Å². The highest BCUT2D eigenvalue weighted by Crippen LogP contribution is 2.19. The van der Waals surface area contributed by atoms with E-state index in [0.29, 0.717) is 23.8 Å². The molecule has 2 heterocycles. The molecule has 1 N–H and O–H groups in total. The number of nitrogens with zero attached hydrogens (tertiary/aromatic N) is 2. The number of imidazole rings is 1. The number of hydrogen-bond donors (Lipinski definition) is 1. The number of benzene rings is 2. The van der Waals surface area contributed by atoms with Gasteiger partial charge in [0.2, 0.25) is 0 Å². The zero-order chi connectivity index (χ0) is 20.1. The third-order valence-corrected chi connectivity index (χ3v) is 4.37. The number of nitrogens with one attached hydrogen (secondary N) is 1. The predicted octanol–water partition coefficient (Wildman–Crippen LogP) is 4.24. The largest absolute Gasteiger partial charge is 0.487 e. The van der Waals surface area contributed by atoms with Crippen LogP contribution in [0, 0.1) is 6.92 Å². The molecule has 0 aliphatic rings. The van der Waals surface area contributed by atoms with Crippen LogP contribution in [0.3, 0.4) is 0 Å². The maximum Gasteiger partial charge on any atom is 0.262 e. The topological polar surface area (TPSA) is 64.9 Å². The van der Waals surface area contributed by atoms with Crippen LogP contribution in [0.4, 0.5) is 5.69 Å².